The first kappa shape index (κ1) is 18.5. The summed E-state index contributed by atoms with van der Waals surface area (Å²) in [4.78, 5) is 17.3. The van der Waals surface area contributed by atoms with Crippen LogP contribution in [0.25, 0.3) is 10.9 Å². The zero-order valence-corrected chi connectivity index (χ0v) is 16.3. The molecule has 0 unspecified atom stereocenters. The Bertz CT molecular complexity index is 813. The molecule has 1 aliphatic heterocycles. The largest absolute Gasteiger partial charge is 0.366 e. The van der Waals surface area contributed by atoms with Gasteiger partial charge >= 0.3 is 0 Å². The number of pyridine rings is 1. The molecule has 1 aliphatic carbocycles. The first-order valence-corrected chi connectivity index (χ1v) is 10.4. The van der Waals surface area contributed by atoms with E-state index in [-0.39, 0.29) is 5.91 Å². The number of halogens is 1. The van der Waals surface area contributed by atoms with Gasteiger partial charge in [0.15, 0.2) is 0 Å². The van der Waals surface area contributed by atoms with E-state index in [1.807, 2.05) is 24.3 Å². The van der Waals surface area contributed by atoms with Crippen LogP contribution in [0.1, 0.15) is 44.9 Å². The van der Waals surface area contributed by atoms with Crippen molar-refractivity contribution in [1.82, 2.24) is 10.3 Å². The van der Waals surface area contributed by atoms with Crippen molar-refractivity contribution in [2.45, 2.75) is 51.0 Å². The number of nitrogens with zero attached hydrogens (tertiary/aromatic N) is 1. The van der Waals surface area contributed by atoms with E-state index >= 15 is 0 Å². The smallest absolute Gasteiger partial charge is 0.224 e. The van der Waals surface area contributed by atoms with Crippen molar-refractivity contribution in [1.29, 1.82) is 0 Å². The third-order valence-corrected chi connectivity index (χ3v) is 6.01. The number of amides is 1. The lowest BCUT2D eigenvalue weighted by Gasteiger charge is -2.21. The van der Waals surface area contributed by atoms with Crippen LogP contribution in [0.2, 0.25) is 5.02 Å². The molecule has 1 saturated heterocycles. The van der Waals surface area contributed by atoms with Gasteiger partial charge in [0.25, 0.3) is 0 Å². The van der Waals surface area contributed by atoms with Gasteiger partial charge in [0.1, 0.15) is 5.82 Å². The van der Waals surface area contributed by atoms with E-state index in [4.69, 9.17) is 16.6 Å². The third kappa shape index (κ3) is 4.53. The average Bonchev–Trinajstić information content (AvgIpc) is 3.18. The van der Waals surface area contributed by atoms with Gasteiger partial charge in [-0.15, -0.1) is 0 Å². The molecule has 1 aromatic carbocycles. The van der Waals surface area contributed by atoms with Crippen molar-refractivity contribution >= 4 is 39.9 Å². The molecular formula is C21H27ClN4O. The Morgan fingerprint density at radius 2 is 2.00 bits per heavy atom. The molecule has 1 amide bonds. The molecule has 1 saturated carbocycles. The van der Waals surface area contributed by atoms with Gasteiger partial charge in [-0.05, 0) is 56.0 Å². The van der Waals surface area contributed by atoms with Crippen molar-refractivity contribution in [2.24, 2.45) is 5.92 Å². The number of hydrogen-bond acceptors (Lipinski definition) is 4. The second-order valence-corrected chi connectivity index (χ2v) is 8.18. The maximum Gasteiger partial charge on any atom is 0.224 e. The average molecular weight is 387 g/mol. The van der Waals surface area contributed by atoms with Gasteiger partial charge in [-0.25, -0.2) is 4.98 Å². The topological polar surface area (TPSA) is 66.0 Å². The second-order valence-electron chi connectivity index (χ2n) is 7.78. The third-order valence-electron chi connectivity index (χ3n) is 5.70. The zero-order chi connectivity index (χ0) is 18.6. The minimum atomic E-state index is 0.0514. The minimum Gasteiger partial charge on any atom is -0.366 e. The second kappa shape index (κ2) is 8.44. The number of nitrogens with one attached hydrogen (secondary N) is 3. The molecule has 144 valence electrons. The van der Waals surface area contributed by atoms with Crippen LogP contribution in [0.5, 0.6) is 0 Å². The van der Waals surface area contributed by atoms with Crippen molar-refractivity contribution in [2.75, 3.05) is 23.7 Å². The van der Waals surface area contributed by atoms with Crippen molar-refractivity contribution in [3.05, 3.63) is 29.3 Å². The number of carbonyl (C=O) groups is 1. The maximum absolute atomic E-state index is 12.6. The Labute approximate surface area is 165 Å². The number of rotatable bonds is 5. The fraction of sp³-hybridized carbons (Fsp3) is 0.524. The van der Waals surface area contributed by atoms with Gasteiger partial charge in [0.2, 0.25) is 5.91 Å². The predicted octanol–water partition coefficient (Wildman–Crippen LogP) is 4.57. The zero-order valence-electron chi connectivity index (χ0n) is 15.6. The molecule has 2 heterocycles. The van der Waals surface area contributed by atoms with E-state index in [9.17, 15) is 4.79 Å². The van der Waals surface area contributed by atoms with Crippen LogP contribution in [0.4, 0.5) is 11.5 Å². The summed E-state index contributed by atoms with van der Waals surface area (Å²) in [6.45, 7) is 2.00. The molecule has 0 spiro atoms. The Morgan fingerprint density at radius 3 is 2.78 bits per heavy atom. The van der Waals surface area contributed by atoms with E-state index < -0.39 is 0 Å². The summed E-state index contributed by atoms with van der Waals surface area (Å²) in [5.74, 6) is 1.41. The van der Waals surface area contributed by atoms with Crippen molar-refractivity contribution in [3.63, 3.8) is 0 Å². The van der Waals surface area contributed by atoms with Crippen molar-refractivity contribution in [3.8, 4) is 0 Å². The molecule has 5 nitrogen and oxygen atoms in total. The Morgan fingerprint density at radius 1 is 1.15 bits per heavy atom. The highest BCUT2D eigenvalue weighted by molar-refractivity contribution is 6.35. The van der Waals surface area contributed by atoms with Crippen molar-refractivity contribution < 1.29 is 4.79 Å². The first-order chi connectivity index (χ1) is 13.2. The summed E-state index contributed by atoms with van der Waals surface area (Å²) >= 11 is 6.40. The molecule has 3 N–H and O–H groups in total. The van der Waals surface area contributed by atoms with Gasteiger partial charge in [-0.2, -0.15) is 0 Å². The van der Waals surface area contributed by atoms with Crippen LogP contribution >= 0.6 is 11.6 Å². The van der Waals surface area contributed by atoms with E-state index in [0.29, 0.717) is 29.1 Å². The van der Waals surface area contributed by atoms with Crippen LogP contribution in [0, 0.1) is 5.92 Å². The van der Waals surface area contributed by atoms with Crippen LogP contribution in [-0.2, 0) is 4.79 Å². The molecule has 4 rings (SSSR count). The van der Waals surface area contributed by atoms with Crippen LogP contribution in [0.3, 0.4) is 0 Å². The Hall–Kier alpha value is -1.85. The summed E-state index contributed by atoms with van der Waals surface area (Å²) < 4.78 is 0. The Balaban J connectivity index is 1.50. The number of anilines is 2. The highest BCUT2D eigenvalue weighted by atomic mass is 35.5. The molecule has 1 aromatic heterocycles. The highest BCUT2D eigenvalue weighted by Crippen LogP contribution is 2.32. The summed E-state index contributed by atoms with van der Waals surface area (Å²) in [6, 6.07) is 8.10. The standard InChI is InChI=1S/C21H27ClN4O/c22-17-7-8-18-16(6-9-19(25-18)24-15-10-11-23-13-15)21(17)26-20(27)12-14-4-2-1-3-5-14/h6-9,14-15,23H,1-5,10-13H2,(H,24,25)(H,26,27)/t15-/m1/s1. The predicted molar refractivity (Wildman–Crippen MR) is 111 cm³/mol. The number of aromatic nitrogens is 1. The molecule has 6 heteroatoms. The molecule has 0 bridgehead atoms. The van der Waals surface area contributed by atoms with Gasteiger partial charge in [-0.1, -0.05) is 30.9 Å². The summed E-state index contributed by atoms with van der Waals surface area (Å²) in [7, 11) is 0. The Kier molecular flexibility index (Phi) is 5.79. The molecule has 1 atom stereocenters. The lowest BCUT2D eigenvalue weighted by atomic mass is 9.87. The van der Waals surface area contributed by atoms with Gasteiger partial charge in [-0.3, -0.25) is 4.79 Å². The quantitative estimate of drug-likeness (QED) is 0.704. The van der Waals surface area contributed by atoms with Crippen LogP contribution < -0.4 is 16.0 Å². The molecular weight excluding hydrogens is 360 g/mol. The molecule has 0 radical (unpaired) electrons. The number of hydrogen-bond donors (Lipinski definition) is 3. The molecule has 27 heavy (non-hydrogen) atoms. The fourth-order valence-electron chi connectivity index (χ4n) is 4.22. The lowest BCUT2D eigenvalue weighted by Crippen LogP contribution is -2.22. The number of benzene rings is 1. The summed E-state index contributed by atoms with van der Waals surface area (Å²) in [6.07, 6.45) is 7.77. The van der Waals surface area contributed by atoms with E-state index in [1.54, 1.807) is 0 Å². The molecule has 2 fully saturated rings. The minimum absolute atomic E-state index is 0.0514. The summed E-state index contributed by atoms with van der Waals surface area (Å²) in [5, 5.41) is 11.3. The normalized spacial score (nSPS) is 20.7. The summed E-state index contributed by atoms with van der Waals surface area (Å²) in [5.41, 5.74) is 1.51. The number of carbonyl (C=O) groups excluding carboxylic acids is 1. The first-order valence-electron chi connectivity index (χ1n) is 10.1. The highest BCUT2D eigenvalue weighted by Gasteiger charge is 2.19. The SMILES string of the molecule is O=C(CC1CCCCC1)Nc1c(Cl)ccc2nc(N[C@@H]3CCNC3)ccc12. The monoisotopic (exact) mass is 386 g/mol. The van der Waals surface area contributed by atoms with Gasteiger partial charge < -0.3 is 16.0 Å². The molecule has 2 aliphatic rings. The van der Waals surface area contributed by atoms with Gasteiger partial charge in [0.05, 0.1) is 16.2 Å². The van der Waals surface area contributed by atoms with Crippen LogP contribution in [-0.4, -0.2) is 30.0 Å². The van der Waals surface area contributed by atoms with E-state index in [1.165, 1.54) is 19.3 Å². The number of fused-ring (bicyclic) bond motifs is 1. The van der Waals surface area contributed by atoms with E-state index in [0.717, 1.165) is 49.1 Å². The maximum atomic E-state index is 12.6. The lowest BCUT2D eigenvalue weighted by molar-refractivity contribution is -0.117. The van der Waals surface area contributed by atoms with E-state index in [2.05, 4.69) is 16.0 Å². The van der Waals surface area contributed by atoms with Gasteiger partial charge in [0, 0.05) is 24.4 Å². The molecule has 2 aromatic rings. The fourth-order valence-corrected chi connectivity index (χ4v) is 4.43. The van der Waals surface area contributed by atoms with Crippen LogP contribution in [0.15, 0.2) is 24.3 Å².